The number of aliphatic carboxylic acids is 1. The molecule has 0 fully saturated rings. The second-order valence-electron chi connectivity index (χ2n) is 11.7. The summed E-state index contributed by atoms with van der Waals surface area (Å²) in [6, 6.07) is 20.5. The molecule has 0 spiro atoms. The molecule has 4 rings (SSSR count). The van der Waals surface area contributed by atoms with Gasteiger partial charge in [0.2, 0.25) is 17.7 Å². The van der Waals surface area contributed by atoms with Gasteiger partial charge >= 0.3 is 5.97 Å². The highest BCUT2D eigenvalue weighted by Gasteiger charge is 2.32. The monoisotopic (exact) mass is 657 g/mol. The topological polar surface area (TPSA) is 142 Å². The molecule has 1 aromatic heterocycles. The molecule has 0 bridgehead atoms. The van der Waals surface area contributed by atoms with E-state index in [1.54, 1.807) is 12.5 Å². The van der Waals surface area contributed by atoms with Crippen LogP contribution in [-0.2, 0) is 38.6 Å². The second kappa shape index (κ2) is 17.3. The van der Waals surface area contributed by atoms with Crippen molar-refractivity contribution in [3.8, 4) is 0 Å². The summed E-state index contributed by atoms with van der Waals surface area (Å²) in [5, 5.41) is 20.3. The van der Waals surface area contributed by atoms with E-state index < -0.39 is 35.9 Å². The van der Waals surface area contributed by atoms with Gasteiger partial charge in [0.15, 0.2) is 0 Å². The standard InChI is InChI=1S/C36H43N5O5S/c1-4-24(2)33(35(44)39-31(19-25-10-6-5-7-11-25)34(43)38-30(36(45)46)16-17-47-3)40-32(42)20-29-21-37-23-41(29)22-26-14-15-27-12-8-9-13-28(27)18-26/h5-15,18,21,23-24,30-31,33H,4,16-17,19-20,22H2,1-3H3,(H,38,43)(H,39,44)(H,40,42)(H,45,46)/t24-,30-,31-,33-/m0/s1. The van der Waals surface area contributed by atoms with Gasteiger partial charge in [-0.2, -0.15) is 11.8 Å². The number of hydrogen-bond acceptors (Lipinski definition) is 6. The first-order valence-corrected chi connectivity index (χ1v) is 17.2. The number of fused-ring (bicyclic) bond motifs is 1. The molecule has 0 aliphatic rings. The van der Waals surface area contributed by atoms with Crippen molar-refractivity contribution in [3.63, 3.8) is 0 Å². The highest BCUT2D eigenvalue weighted by Crippen LogP contribution is 2.17. The Morgan fingerprint density at radius 3 is 2.28 bits per heavy atom. The van der Waals surface area contributed by atoms with E-state index in [1.807, 2.05) is 67.1 Å². The molecule has 47 heavy (non-hydrogen) atoms. The Bertz CT molecular complexity index is 1660. The highest BCUT2D eigenvalue weighted by atomic mass is 32.2. The van der Waals surface area contributed by atoms with Crippen LogP contribution < -0.4 is 16.0 Å². The largest absolute Gasteiger partial charge is 0.480 e. The van der Waals surface area contributed by atoms with E-state index in [9.17, 15) is 24.3 Å². The zero-order valence-electron chi connectivity index (χ0n) is 27.0. The molecule has 0 aliphatic carbocycles. The van der Waals surface area contributed by atoms with Crippen LogP contribution >= 0.6 is 11.8 Å². The van der Waals surface area contributed by atoms with Crippen molar-refractivity contribution in [1.29, 1.82) is 0 Å². The predicted octanol–water partition coefficient (Wildman–Crippen LogP) is 4.21. The normalized spacial score (nSPS) is 13.7. The van der Waals surface area contributed by atoms with Crippen LogP contribution in [0.4, 0.5) is 0 Å². The number of thioether (sulfide) groups is 1. The molecule has 248 valence electrons. The summed E-state index contributed by atoms with van der Waals surface area (Å²) in [5.41, 5.74) is 2.57. The zero-order valence-corrected chi connectivity index (χ0v) is 27.8. The molecule has 4 atom stereocenters. The van der Waals surface area contributed by atoms with E-state index in [0.717, 1.165) is 21.9 Å². The van der Waals surface area contributed by atoms with Crippen molar-refractivity contribution in [3.05, 3.63) is 102 Å². The number of carboxylic acid groups (broad SMARTS) is 1. The molecule has 3 aromatic carbocycles. The van der Waals surface area contributed by atoms with Crippen LogP contribution in [0, 0.1) is 5.92 Å². The fourth-order valence-corrected chi connectivity index (χ4v) is 5.82. The Balaban J connectivity index is 1.46. The number of carbonyl (C=O) groups is 4. The van der Waals surface area contributed by atoms with Gasteiger partial charge < -0.3 is 25.6 Å². The SMILES string of the molecule is CC[C@H](C)[C@H](NC(=O)Cc1cncn1Cc1ccc2ccccc2c1)C(=O)N[C@@H](Cc1ccccc1)C(=O)N[C@@H](CCSC)C(=O)O. The van der Waals surface area contributed by atoms with Crippen molar-refractivity contribution in [1.82, 2.24) is 25.5 Å². The summed E-state index contributed by atoms with van der Waals surface area (Å²) < 4.78 is 1.91. The maximum atomic E-state index is 13.8. The van der Waals surface area contributed by atoms with Crippen molar-refractivity contribution >= 4 is 46.2 Å². The van der Waals surface area contributed by atoms with Crippen LogP contribution in [0.1, 0.15) is 43.5 Å². The number of hydrogen-bond donors (Lipinski definition) is 4. The number of carbonyl (C=O) groups excluding carboxylic acids is 3. The van der Waals surface area contributed by atoms with Gasteiger partial charge in [-0.3, -0.25) is 14.4 Å². The number of aromatic nitrogens is 2. The lowest BCUT2D eigenvalue weighted by atomic mass is 9.97. The third kappa shape index (κ3) is 10.2. The molecule has 11 heteroatoms. The zero-order chi connectivity index (χ0) is 33.8. The molecule has 1 heterocycles. The number of rotatable bonds is 17. The number of nitrogens with one attached hydrogen (secondary N) is 3. The number of benzene rings is 3. The molecule has 4 aromatic rings. The van der Waals surface area contributed by atoms with Crippen LogP contribution in [0.15, 0.2) is 85.3 Å². The first kappa shape index (κ1) is 35.2. The Kier molecular flexibility index (Phi) is 13.0. The summed E-state index contributed by atoms with van der Waals surface area (Å²) >= 11 is 1.48. The molecule has 10 nitrogen and oxygen atoms in total. The lowest BCUT2D eigenvalue weighted by Gasteiger charge is -2.27. The average molecular weight is 658 g/mol. The molecule has 0 aliphatic heterocycles. The van der Waals surface area contributed by atoms with Crippen molar-refractivity contribution < 1.29 is 24.3 Å². The first-order valence-electron chi connectivity index (χ1n) is 15.8. The van der Waals surface area contributed by atoms with Crippen LogP contribution in [-0.4, -0.2) is 68.5 Å². The summed E-state index contributed by atoms with van der Waals surface area (Å²) in [4.78, 5) is 56.7. The van der Waals surface area contributed by atoms with E-state index in [1.165, 1.54) is 11.8 Å². The van der Waals surface area contributed by atoms with E-state index >= 15 is 0 Å². The maximum Gasteiger partial charge on any atom is 0.326 e. The minimum Gasteiger partial charge on any atom is -0.480 e. The molecule has 0 saturated heterocycles. The minimum atomic E-state index is -1.14. The van der Waals surface area contributed by atoms with Crippen LogP contribution in [0.3, 0.4) is 0 Å². The maximum absolute atomic E-state index is 13.8. The van der Waals surface area contributed by atoms with Gasteiger partial charge in [-0.25, -0.2) is 9.78 Å². The van der Waals surface area contributed by atoms with Crippen LogP contribution in [0.5, 0.6) is 0 Å². The lowest BCUT2D eigenvalue weighted by molar-refractivity contribution is -0.142. The quantitative estimate of drug-likeness (QED) is 0.133. The fraction of sp³-hybridized carbons (Fsp3) is 0.361. The van der Waals surface area contributed by atoms with Gasteiger partial charge in [-0.05, 0) is 52.3 Å². The van der Waals surface area contributed by atoms with E-state index in [2.05, 4.69) is 51.3 Å². The highest BCUT2D eigenvalue weighted by molar-refractivity contribution is 7.98. The molecule has 0 radical (unpaired) electrons. The van der Waals surface area contributed by atoms with Crippen molar-refractivity contribution in [2.45, 2.75) is 64.2 Å². The molecular weight excluding hydrogens is 614 g/mol. The number of nitrogens with zero attached hydrogens (tertiary/aromatic N) is 2. The van der Waals surface area contributed by atoms with E-state index in [4.69, 9.17) is 0 Å². The summed E-state index contributed by atoms with van der Waals surface area (Å²) in [6.07, 6.45) is 6.21. The van der Waals surface area contributed by atoms with Gasteiger partial charge in [0, 0.05) is 24.9 Å². The molecule has 0 saturated carbocycles. The number of imidazole rings is 1. The lowest BCUT2D eigenvalue weighted by Crippen LogP contribution is -2.58. The summed E-state index contributed by atoms with van der Waals surface area (Å²) in [5.74, 6) is -2.28. The minimum absolute atomic E-state index is 0.0114. The number of carboxylic acids is 1. The number of amides is 3. The van der Waals surface area contributed by atoms with E-state index in [0.29, 0.717) is 24.4 Å². The Morgan fingerprint density at radius 1 is 0.872 bits per heavy atom. The van der Waals surface area contributed by atoms with Gasteiger partial charge in [-0.1, -0.05) is 87.0 Å². The Morgan fingerprint density at radius 2 is 1.57 bits per heavy atom. The fourth-order valence-electron chi connectivity index (χ4n) is 5.35. The van der Waals surface area contributed by atoms with Crippen LogP contribution in [0.2, 0.25) is 0 Å². The van der Waals surface area contributed by atoms with Gasteiger partial charge in [0.25, 0.3) is 0 Å². The van der Waals surface area contributed by atoms with Gasteiger partial charge in [0.1, 0.15) is 18.1 Å². The Hall–Kier alpha value is -4.64. The molecule has 0 unspecified atom stereocenters. The molecule has 3 amide bonds. The molecule has 4 N–H and O–H groups in total. The van der Waals surface area contributed by atoms with Crippen molar-refractivity contribution in [2.24, 2.45) is 5.92 Å². The average Bonchev–Trinajstić information content (AvgIpc) is 3.50. The molecular formula is C36H43N5O5S. The van der Waals surface area contributed by atoms with Gasteiger partial charge in [0.05, 0.1) is 12.7 Å². The Labute approximate surface area is 279 Å². The smallest absolute Gasteiger partial charge is 0.326 e. The van der Waals surface area contributed by atoms with Gasteiger partial charge in [-0.15, -0.1) is 0 Å². The van der Waals surface area contributed by atoms with Crippen LogP contribution in [0.25, 0.3) is 10.8 Å². The van der Waals surface area contributed by atoms with E-state index in [-0.39, 0.29) is 31.1 Å². The summed E-state index contributed by atoms with van der Waals surface area (Å²) in [6.45, 7) is 4.32. The third-order valence-electron chi connectivity index (χ3n) is 8.26. The second-order valence-corrected chi connectivity index (χ2v) is 12.7. The predicted molar refractivity (Wildman–Crippen MR) is 185 cm³/mol. The first-order chi connectivity index (χ1) is 22.7. The third-order valence-corrected chi connectivity index (χ3v) is 8.90. The van der Waals surface area contributed by atoms with Crippen molar-refractivity contribution in [2.75, 3.05) is 12.0 Å². The summed E-state index contributed by atoms with van der Waals surface area (Å²) in [7, 11) is 0.